The number of thiophene rings is 1. The van der Waals surface area contributed by atoms with Crippen LogP contribution in [-0.4, -0.2) is 86.1 Å². The molecule has 0 saturated heterocycles. The number of rotatable bonds is 8. The number of benzene rings is 1. The SMILES string of the molecule is CC1=NC2=C(CN(CC(F)(F)F)CC2)C(=C=O)N1CCOc1ccc(Cl)cc1-c1cc(C)nc2c(C(=O)NS(C)(=O)=O)csc12. The van der Waals surface area contributed by atoms with Crippen LogP contribution in [0.4, 0.5) is 13.2 Å². The molecule has 238 valence electrons. The summed E-state index contributed by atoms with van der Waals surface area (Å²) >= 11 is 7.58. The van der Waals surface area contributed by atoms with E-state index in [1.807, 2.05) is 10.7 Å². The van der Waals surface area contributed by atoms with Crippen molar-refractivity contribution in [1.29, 1.82) is 0 Å². The Balaban J connectivity index is 1.39. The Kier molecular flexibility index (Phi) is 9.11. The number of carbonyl (C=O) groups is 1. The molecule has 2 aromatic heterocycles. The van der Waals surface area contributed by atoms with Crippen molar-refractivity contribution in [2.45, 2.75) is 26.4 Å². The van der Waals surface area contributed by atoms with Gasteiger partial charge in [-0.3, -0.25) is 14.7 Å². The van der Waals surface area contributed by atoms with Gasteiger partial charge in [0.1, 0.15) is 23.9 Å². The Labute approximate surface area is 265 Å². The Morgan fingerprint density at radius 3 is 2.67 bits per heavy atom. The molecule has 4 heterocycles. The molecular formula is C29H27ClF3N5O5S2. The molecule has 3 aromatic rings. The average molecular weight is 682 g/mol. The average Bonchev–Trinajstić information content (AvgIpc) is 3.36. The zero-order valence-electron chi connectivity index (χ0n) is 24.3. The van der Waals surface area contributed by atoms with Gasteiger partial charge in [-0.2, -0.15) is 13.2 Å². The third-order valence-corrected chi connectivity index (χ3v) is 8.91. The number of nitrogens with zero attached hydrogens (tertiary/aromatic N) is 4. The van der Waals surface area contributed by atoms with E-state index in [4.69, 9.17) is 16.3 Å². The number of amides is 1. The number of nitrogens with one attached hydrogen (secondary N) is 1. The predicted octanol–water partition coefficient (Wildman–Crippen LogP) is 4.96. The molecule has 0 aliphatic carbocycles. The van der Waals surface area contributed by atoms with Crippen molar-refractivity contribution in [3.05, 3.63) is 62.9 Å². The highest BCUT2D eigenvalue weighted by molar-refractivity contribution is 7.89. The fraction of sp³-hybridized carbons (Fsp3) is 0.345. The molecule has 0 spiro atoms. The molecular weight excluding hydrogens is 655 g/mol. The number of pyridine rings is 1. The van der Waals surface area contributed by atoms with Crippen LogP contribution in [0.15, 0.2) is 51.6 Å². The minimum Gasteiger partial charge on any atom is -0.491 e. The Bertz CT molecular complexity index is 1920. The van der Waals surface area contributed by atoms with Crippen molar-refractivity contribution in [3.63, 3.8) is 0 Å². The summed E-state index contributed by atoms with van der Waals surface area (Å²) in [5.74, 6) is 2.04. The van der Waals surface area contributed by atoms with Crippen LogP contribution in [0.25, 0.3) is 21.3 Å². The summed E-state index contributed by atoms with van der Waals surface area (Å²) in [6.07, 6.45) is -3.20. The first-order valence-electron chi connectivity index (χ1n) is 13.6. The van der Waals surface area contributed by atoms with Gasteiger partial charge < -0.3 is 9.64 Å². The van der Waals surface area contributed by atoms with Crippen molar-refractivity contribution in [2.75, 3.05) is 39.0 Å². The van der Waals surface area contributed by atoms with Crippen LogP contribution in [0.3, 0.4) is 0 Å². The van der Waals surface area contributed by atoms with Crippen molar-refractivity contribution >= 4 is 60.9 Å². The van der Waals surface area contributed by atoms with Crippen LogP contribution in [0.5, 0.6) is 5.75 Å². The first kappa shape index (κ1) is 32.6. The molecule has 2 aliphatic rings. The number of aliphatic imine (C=N–C) groups is 1. The van der Waals surface area contributed by atoms with Crippen molar-refractivity contribution in [1.82, 2.24) is 19.5 Å². The van der Waals surface area contributed by atoms with Gasteiger partial charge in [0, 0.05) is 52.3 Å². The normalized spacial score (nSPS) is 16.0. The lowest BCUT2D eigenvalue weighted by Crippen LogP contribution is -2.44. The van der Waals surface area contributed by atoms with E-state index in [0.29, 0.717) is 54.9 Å². The maximum absolute atomic E-state index is 13.0. The van der Waals surface area contributed by atoms with Crippen LogP contribution >= 0.6 is 22.9 Å². The summed E-state index contributed by atoms with van der Waals surface area (Å²) in [4.78, 5) is 36.7. The summed E-state index contributed by atoms with van der Waals surface area (Å²) in [5, 5.41) is 1.94. The smallest absolute Gasteiger partial charge is 0.401 e. The number of hydrogen-bond donors (Lipinski definition) is 1. The Morgan fingerprint density at radius 2 is 1.98 bits per heavy atom. The summed E-state index contributed by atoms with van der Waals surface area (Å²) in [6.45, 7) is 2.67. The molecule has 1 aromatic carbocycles. The fourth-order valence-electron chi connectivity index (χ4n) is 5.31. The van der Waals surface area contributed by atoms with Gasteiger partial charge in [-0.1, -0.05) is 11.6 Å². The Hall–Kier alpha value is -3.75. The van der Waals surface area contributed by atoms with Crippen molar-refractivity contribution in [3.8, 4) is 16.9 Å². The lowest BCUT2D eigenvalue weighted by molar-refractivity contribution is -0.145. The second kappa shape index (κ2) is 12.6. The number of hydrogen-bond acceptors (Lipinski definition) is 10. The van der Waals surface area contributed by atoms with E-state index in [2.05, 4.69) is 9.98 Å². The van der Waals surface area contributed by atoms with Crippen LogP contribution in [0.1, 0.15) is 29.4 Å². The molecule has 5 rings (SSSR count). The molecule has 1 N–H and O–H groups in total. The monoisotopic (exact) mass is 681 g/mol. The van der Waals surface area contributed by atoms with Gasteiger partial charge in [0.05, 0.1) is 40.8 Å². The minimum atomic E-state index is -4.37. The molecule has 45 heavy (non-hydrogen) atoms. The molecule has 16 heteroatoms. The van der Waals surface area contributed by atoms with Gasteiger partial charge >= 0.3 is 6.18 Å². The summed E-state index contributed by atoms with van der Waals surface area (Å²) < 4.78 is 71.2. The molecule has 10 nitrogen and oxygen atoms in total. The predicted molar refractivity (Wildman–Crippen MR) is 166 cm³/mol. The standard InChI is InChI=1S/C29H27ClF3N5O5S2/c1-16-10-20(27-26(34-16)22(14-44-27)28(40)36-45(3,41)42)19-11-18(30)4-5-25(19)43-9-8-38-17(2)35-23-6-7-37(15-29(31,32)33)12-21(23)24(38)13-39/h4-5,10-11,14H,6-9,12,15H2,1-3H3,(H,36,40). The zero-order chi connectivity index (χ0) is 32.7. The molecule has 0 atom stereocenters. The largest absolute Gasteiger partial charge is 0.491 e. The molecule has 0 bridgehead atoms. The quantitative estimate of drug-likeness (QED) is 0.331. The maximum Gasteiger partial charge on any atom is 0.401 e. The molecule has 1 amide bonds. The lowest BCUT2D eigenvalue weighted by Gasteiger charge is -2.36. The maximum atomic E-state index is 13.0. The molecule has 0 fully saturated rings. The number of sulfonamides is 1. The zero-order valence-corrected chi connectivity index (χ0v) is 26.7. The third-order valence-electron chi connectivity index (χ3n) is 7.12. The van der Waals surface area contributed by atoms with Crippen molar-refractivity contribution < 1.29 is 35.9 Å². The molecule has 0 unspecified atom stereocenters. The fourth-order valence-corrected chi connectivity index (χ4v) is 6.95. The van der Waals surface area contributed by atoms with Gasteiger partial charge in [-0.15, -0.1) is 11.3 Å². The number of ether oxygens (including phenoxy) is 1. The number of halogens is 4. The first-order valence-corrected chi connectivity index (χ1v) is 16.7. The van der Waals surface area contributed by atoms with Crippen LogP contribution in [0.2, 0.25) is 5.02 Å². The number of fused-ring (bicyclic) bond motifs is 1. The second-order valence-corrected chi connectivity index (χ2v) is 13.7. The number of alkyl halides is 3. The van der Waals surface area contributed by atoms with Gasteiger partial charge in [0.2, 0.25) is 10.0 Å². The molecule has 0 saturated carbocycles. The molecule has 0 radical (unpaired) electrons. The minimum absolute atomic E-state index is 0.0568. The van der Waals surface area contributed by atoms with Gasteiger partial charge in [-0.05, 0) is 38.1 Å². The van der Waals surface area contributed by atoms with Gasteiger partial charge in [-0.25, -0.2) is 22.9 Å². The Morgan fingerprint density at radius 1 is 1.22 bits per heavy atom. The van der Waals surface area contributed by atoms with E-state index in [1.165, 1.54) is 21.6 Å². The number of aromatic nitrogens is 1. The van der Waals surface area contributed by atoms with E-state index in [-0.39, 0.29) is 43.9 Å². The summed E-state index contributed by atoms with van der Waals surface area (Å²) in [6, 6.07) is 6.81. The third kappa shape index (κ3) is 7.39. The summed E-state index contributed by atoms with van der Waals surface area (Å²) in [7, 11) is -3.80. The van der Waals surface area contributed by atoms with Crippen LogP contribution in [-0.2, 0) is 14.8 Å². The van der Waals surface area contributed by atoms with Crippen LogP contribution < -0.4 is 9.46 Å². The van der Waals surface area contributed by atoms with E-state index < -0.39 is 28.7 Å². The van der Waals surface area contributed by atoms with E-state index in [1.54, 1.807) is 43.0 Å². The summed E-state index contributed by atoms with van der Waals surface area (Å²) in [5.41, 5.74) is 3.36. The van der Waals surface area contributed by atoms with E-state index in [9.17, 15) is 31.2 Å². The molecule has 2 aliphatic heterocycles. The highest BCUT2D eigenvalue weighted by atomic mass is 35.5. The van der Waals surface area contributed by atoms with Crippen molar-refractivity contribution in [2.24, 2.45) is 4.99 Å². The van der Waals surface area contributed by atoms with Gasteiger partial charge in [0.25, 0.3) is 5.91 Å². The number of carbonyl (C=O) groups excluding carboxylic acids is 2. The highest BCUT2D eigenvalue weighted by Crippen LogP contribution is 2.40. The topological polar surface area (TPSA) is 121 Å². The van der Waals surface area contributed by atoms with E-state index >= 15 is 0 Å². The highest BCUT2D eigenvalue weighted by Gasteiger charge is 2.36. The second-order valence-electron chi connectivity index (χ2n) is 10.6. The van der Waals surface area contributed by atoms with Gasteiger partial charge in [0.15, 0.2) is 5.94 Å². The number of aryl methyl sites for hydroxylation is 1. The van der Waals surface area contributed by atoms with Crippen LogP contribution in [0, 0.1) is 6.92 Å². The first-order chi connectivity index (χ1) is 21.1. The van der Waals surface area contributed by atoms with E-state index in [0.717, 1.165) is 6.26 Å². The lowest BCUT2D eigenvalue weighted by atomic mass is 10.0. The number of amidine groups is 1.